The van der Waals surface area contributed by atoms with Crippen LogP contribution in [0.15, 0.2) is 36.4 Å². The van der Waals surface area contributed by atoms with Gasteiger partial charge in [0.1, 0.15) is 5.75 Å². The number of ether oxygens (including phenoxy) is 2. The van der Waals surface area contributed by atoms with E-state index in [9.17, 15) is 14.4 Å². The van der Waals surface area contributed by atoms with Gasteiger partial charge in [0.15, 0.2) is 5.56 Å². The van der Waals surface area contributed by atoms with Crippen molar-refractivity contribution in [1.82, 2.24) is 10.0 Å². The highest BCUT2D eigenvalue weighted by molar-refractivity contribution is 6.20. The second-order valence-electron chi connectivity index (χ2n) is 9.05. The molecule has 0 aliphatic heterocycles. The number of alkyl halides is 1. The van der Waals surface area contributed by atoms with E-state index in [1.54, 1.807) is 51.1 Å². The highest BCUT2D eigenvalue weighted by atomic mass is 35.5. The van der Waals surface area contributed by atoms with E-state index in [1.165, 1.54) is 14.0 Å². The fourth-order valence-corrected chi connectivity index (χ4v) is 3.85. The van der Waals surface area contributed by atoms with Gasteiger partial charge in [0.25, 0.3) is 11.8 Å². The minimum atomic E-state index is -1.00. The summed E-state index contributed by atoms with van der Waals surface area (Å²) in [6.07, 6.45) is -0.433. The molecule has 1 unspecified atom stereocenters. The molecule has 7 nitrogen and oxygen atoms in total. The van der Waals surface area contributed by atoms with Gasteiger partial charge in [0.05, 0.1) is 12.6 Å². The number of imide groups is 1. The first-order valence-corrected chi connectivity index (χ1v) is 11.5. The quantitative estimate of drug-likeness (QED) is 0.298. The van der Waals surface area contributed by atoms with E-state index in [1.807, 2.05) is 26.8 Å². The summed E-state index contributed by atoms with van der Waals surface area (Å²) in [5.41, 5.74) is 0.887. The third-order valence-corrected chi connectivity index (χ3v) is 5.15. The summed E-state index contributed by atoms with van der Waals surface area (Å²) < 4.78 is 10.7. The van der Waals surface area contributed by atoms with Gasteiger partial charge >= 0.3 is 6.09 Å². The average molecular weight is 489 g/mol. The van der Waals surface area contributed by atoms with Crippen molar-refractivity contribution in [1.29, 1.82) is 0 Å². The van der Waals surface area contributed by atoms with Gasteiger partial charge in [-0.25, -0.2) is 9.80 Å². The van der Waals surface area contributed by atoms with Crippen molar-refractivity contribution >= 4 is 29.5 Å². The van der Waals surface area contributed by atoms with Crippen molar-refractivity contribution in [2.24, 2.45) is 0 Å². The van der Waals surface area contributed by atoms with E-state index in [-0.39, 0.29) is 11.1 Å². The molecule has 0 aliphatic carbocycles. The maximum Gasteiger partial charge on any atom is 0.431 e. The van der Waals surface area contributed by atoms with Crippen molar-refractivity contribution in [3.8, 4) is 5.75 Å². The normalized spacial score (nSPS) is 12.0. The van der Waals surface area contributed by atoms with E-state index in [0.717, 1.165) is 21.1 Å². The lowest BCUT2D eigenvalue weighted by Crippen LogP contribution is -2.60. The Bertz CT molecular complexity index is 1060. The van der Waals surface area contributed by atoms with Gasteiger partial charge in [-0.3, -0.25) is 9.59 Å². The second-order valence-corrected chi connectivity index (χ2v) is 9.66. The zero-order valence-electron chi connectivity index (χ0n) is 21.1. The van der Waals surface area contributed by atoms with Crippen molar-refractivity contribution in [2.75, 3.05) is 7.11 Å². The van der Waals surface area contributed by atoms with Gasteiger partial charge in [0, 0.05) is 16.7 Å². The lowest BCUT2D eigenvalue weighted by molar-refractivity contribution is -0.0440. The Morgan fingerprint density at radius 1 is 1.03 bits per heavy atom. The molecule has 0 aliphatic rings. The van der Waals surface area contributed by atoms with Crippen molar-refractivity contribution < 1.29 is 23.9 Å². The van der Waals surface area contributed by atoms with E-state index in [4.69, 9.17) is 21.1 Å². The lowest BCUT2D eigenvalue weighted by Gasteiger charge is -2.41. The number of aryl methyl sites for hydroxylation is 2. The Morgan fingerprint density at radius 2 is 1.62 bits per heavy atom. The van der Waals surface area contributed by atoms with Crippen LogP contribution in [0.25, 0.3) is 0 Å². The van der Waals surface area contributed by atoms with Gasteiger partial charge in [0.2, 0.25) is 0 Å². The molecule has 1 atom stereocenters. The molecule has 0 N–H and O–H groups in total. The van der Waals surface area contributed by atoms with Crippen LogP contribution in [-0.2, 0) is 11.2 Å². The number of rotatable bonds is 5. The average Bonchev–Trinajstić information content (AvgIpc) is 2.73. The topological polar surface area (TPSA) is 76.2 Å². The number of benzene rings is 2. The summed E-state index contributed by atoms with van der Waals surface area (Å²) in [5.74, 6) is -0.809. The number of nitrogens with zero attached hydrogens (tertiary/aromatic N) is 2. The third kappa shape index (κ3) is 6.08. The zero-order chi connectivity index (χ0) is 25.8. The molecule has 2 aromatic carbocycles. The standard InChI is InChI=1S/C26H33ClN2O5/c1-9-20-21(11-10-12-22(20)33-8)24(31)28(23(30)19-14-16(2)13-17(3)15-19)29(26(5,6)7)25(32)34-18(4)27/h10-15,18H,9H2,1-8H3. The van der Waals surface area contributed by atoms with Crippen LogP contribution in [-0.4, -0.2) is 46.1 Å². The van der Waals surface area contributed by atoms with Crippen molar-refractivity contribution in [2.45, 2.75) is 66.0 Å². The largest absolute Gasteiger partial charge is 0.496 e. The van der Waals surface area contributed by atoms with Crippen LogP contribution < -0.4 is 4.74 Å². The Morgan fingerprint density at radius 3 is 2.09 bits per heavy atom. The van der Waals surface area contributed by atoms with Gasteiger partial charge < -0.3 is 9.47 Å². The van der Waals surface area contributed by atoms with Crippen LogP contribution in [0.5, 0.6) is 5.75 Å². The first-order valence-electron chi connectivity index (χ1n) is 11.1. The van der Waals surface area contributed by atoms with Crippen LogP contribution >= 0.6 is 11.6 Å². The summed E-state index contributed by atoms with van der Waals surface area (Å²) in [6, 6.07) is 10.3. The smallest absolute Gasteiger partial charge is 0.431 e. The Balaban J connectivity index is 2.78. The van der Waals surface area contributed by atoms with E-state index >= 15 is 0 Å². The fourth-order valence-electron chi connectivity index (χ4n) is 3.77. The Labute approximate surface area is 206 Å². The molecule has 0 bridgehead atoms. The summed E-state index contributed by atoms with van der Waals surface area (Å²) in [7, 11) is 1.52. The molecule has 8 heteroatoms. The predicted molar refractivity (Wildman–Crippen MR) is 132 cm³/mol. The van der Waals surface area contributed by atoms with Crippen LogP contribution in [0.2, 0.25) is 0 Å². The number of methoxy groups -OCH3 is 1. The Hall–Kier alpha value is -3.06. The number of carbonyl (C=O) groups is 3. The SMILES string of the molecule is CCc1c(OC)cccc1C(=O)N(C(=O)c1cc(C)cc(C)c1)N(C(=O)OC(C)Cl)C(C)(C)C. The van der Waals surface area contributed by atoms with Crippen LogP contribution in [0.1, 0.15) is 72.0 Å². The molecule has 0 aromatic heterocycles. The fraction of sp³-hybridized carbons (Fsp3) is 0.423. The molecule has 2 rings (SSSR count). The van der Waals surface area contributed by atoms with E-state index in [2.05, 4.69) is 0 Å². The number of carbonyl (C=O) groups excluding carboxylic acids is 3. The Kier molecular flexibility index (Phi) is 8.72. The molecule has 3 amide bonds. The molecular formula is C26H33ClN2O5. The minimum absolute atomic E-state index is 0.251. The van der Waals surface area contributed by atoms with Crippen LogP contribution in [0.4, 0.5) is 4.79 Å². The highest BCUT2D eigenvalue weighted by Crippen LogP contribution is 2.28. The molecule has 0 saturated carbocycles. The maximum atomic E-state index is 14.0. The van der Waals surface area contributed by atoms with Crippen LogP contribution in [0.3, 0.4) is 0 Å². The van der Waals surface area contributed by atoms with Crippen molar-refractivity contribution in [3.63, 3.8) is 0 Å². The number of halogens is 1. The zero-order valence-corrected chi connectivity index (χ0v) is 21.8. The molecular weight excluding hydrogens is 456 g/mol. The van der Waals surface area contributed by atoms with E-state index < -0.39 is 29.0 Å². The van der Waals surface area contributed by atoms with Gasteiger partial charge in [-0.15, -0.1) is 0 Å². The number of hydrogen-bond acceptors (Lipinski definition) is 5. The molecule has 2 aromatic rings. The van der Waals surface area contributed by atoms with Crippen molar-refractivity contribution in [3.05, 3.63) is 64.2 Å². The highest BCUT2D eigenvalue weighted by Gasteiger charge is 2.42. The first-order chi connectivity index (χ1) is 15.8. The van der Waals surface area contributed by atoms with E-state index in [0.29, 0.717) is 17.7 Å². The summed E-state index contributed by atoms with van der Waals surface area (Å²) >= 11 is 5.92. The molecule has 0 radical (unpaired) electrons. The predicted octanol–water partition coefficient (Wildman–Crippen LogP) is 5.89. The molecule has 34 heavy (non-hydrogen) atoms. The van der Waals surface area contributed by atoms with Crippen LogP contribution in [0, 0.1) is 13.8 Å². The minimum Gasteiger partial charge on any atom is -0.496 e. The third-order valence-electron chi connectivity index (χ3n) is 5.06. The number of hydrogen-bond donors (Lipinski definition) is 0. The monoisotopic (exact) mass is 488 g/mol. The molecule has 0 spiro atoms. The summed E-state index contributed by atoms with van der Waals surface area (Å²) in [4.78, 5) is 41.1. The first kappa shape index (κ1) is 27.2. The summed E-state index contributed by atoms with van der Waals surface area (Å²) in [5, 5.41) is 1.87. The van der Waals surface area contributed by atoms with Gasteiger partial charge in [-0.05, 0) is 72.2 Å². The lowest BCUT2D eigenvalue weighted by atomic mass is 10.0. The number of hydrazine groups is 1. The second kappa shape index (κ2) is 10.9. The summed E-state index contributed by atoms with van der Waals surface area (Å²) in [6.45, 7) is 12.2. The molecule has 0 saturated heterocycles. The van der Waals surface area contributed by atoms with Gasteiger partial charge in [-0.2, -0.15) is 5.01 Å². The van der Waals surface area contributed by atoms with Gasteiger partial charge in [-0.1, -0.05) is 41.8 Å². The maximum absolute atomic E-state index is 14.0. The number of amides is 3. The molecule has 0 fully saturated rings. The molecule has 0 heterocycles. The molecule has 184 valence electrons.